The molecule has 1 aromatic carbocycles. The Labute approximate surface area is 196 Å². The minimum atomic E-state index is -0.322. The molecule has 0 unspecified atom stereocenters. The summed E-state index contributed by atoms with van der Waals surface area (Å²) in [5, 5.41) is 10.8. The number of furan rings is 1. The summed E-state index contributed by atoms with van der Waals surface area (Å²) in [6.07, 6.45) is 4.85. The number of hydrogen-bond acceptors (Lipinski definition) is 7. The van der Waals surface area contributed by atoms with Gasteiger partial charge < -0.3 is 24.9 Å². The van der Waals surface area contributed by atoms with E-state index in [1.165, 1.54) is 6.26 Å². The number of piperazine rings is 1. The van der Waals surface area contributed by atoms with Crippen molar-refractivity contribution in [3.63, 3.8) is 0 Å². The van der Waals surface area contributed by atoms with Crippen molar-refractivity contribution < 1.29 is 9.21 Å². The van der Waals surface area contributed by atoms with Gasteiger partial charge in [0.05, 0.1) is 24.0 Å². The van der Waals surface area contributed by atoms with Gasteiger partial charge in [0.25, 0.3) is 11.5 Å². The fourth-order valence-electron chi connectivity index (χ4n) is 4.34. The fraction of sp³-hybridized carbons (Fsp3) is 0.200. The molecule has 9 nitrogen and oxygen atoms in total. The number of nitrogens with zero attached hydrogens (tertiary/aromatic N) is 5. The molecule has 0 spiro atoms. The molecule has 0 aliphatic carbocycles. The maximum atomic E-state index is 13.4. The minimum Gasteiger partial charge on any atom is -0.459 e. The van der Waals surface area contributed by atoms with E-state index >= 15 is 0 Å². The molecule has 1 aliphatic rings. The molecule has 3 aromatic heterocycles. The van der Waals surface area contributed by atoms with E-state index < -0.39 is 0 Å². The van der Waals surface area contributed by atoms with E-state index in [0.717, 1.165) is 16.5 Å². The maximum Gasteiger partial charge on any atom is 0.289 e. The lowest BCUT2D eigenvalue weighted by atomic mass is 10.1. The third kappa shape index (κ3) is 4.02. The average Bonchev–Trinajstić information content (AvgIpc) is 3.41. The molecule has 0 radical (unpaired) electrons. The molecule has 1 fully saturated rings. The highest BCUT2D eigenvalue weighted by atomic mass is 16.3. The van der Waals surface area contributed by atoms with Crippen LogP contribution in [0.1, 0.15) is 21.7 Å². The first-order valence-electron chi connectivity index (χ1n) is 10.7. The van der Waals surface area contributed by atoms with Crippen molar-refractivity contribution in [2.75, 3.05) is 31.1 Å². The molecule has 3 N–H and O–H groups in total. The quantitative estimate of drug-likeness (QED) is 0.499. The van der Waals surface area contributed by atoms with Crippen LogP contribution in [0.2, 0.25) is 0 Å². The maximum absolute atomic E-state index is 13.4. The third-order valence-corrected chi connectivity index (χ3v) is 5.96. The zero-order valence-electron chi connectivity index (χ0n) is 18.6. The first-order valence-corrected chi connectivity index (χ1v) is 10.7. The van der Waals surface area contributed by atoms with E-state index in [1.54, 1.807) is 34.0 Å². The van der Waals surface area contributed by atoms with Crippen LogP contribution in [-0.2, 0) is 6.54 Å². The van der Waals surface area contributed by atoms with Crippen molar-refractivity contribution in [3.8, 4) is 6.07 Å². The number of benzene rings is 1. The number of aromatic nitrogens is 2. The molecule has 9 heteroatoms. The van der Waals surface area contributed by atoms with E-state index in [2.05, 4.69) is 11.1 Å². The van der Waals surface area contributed by atoms with Crippen LogP contribution in [0.5, 0.6) is 0 Å². The number of para-hydroxylation sites is 1. The Bertz CT molecular complexity index is 1400. The van der Waals surface area contributed by atoms with Gasteiger partial charge in [0.15, 0.2) is 5.76 Å². The monoisotopic (exact) mass is 456 g/mol. The lowest BCUT2D eigenvalue weighted by molar-refractivity contribution is 0.0715. The molecule has 1 aliphatic heterocycles. The summed E-state index contributed by atoms with van der Waals surface area (Å²) in [6, 6.07) is 16.8. The van der Waals surface area contributed by atoms with Crippen LogP contribution in [0.25, 0.3) is 10.9 Å². The number of pyridine rings is 2. The van der Waals surface area contributed by atoms with Gasteiger partial charge >= 0.3 is 0 Å². The number of hydrogen-bond donors (Lipinski definition) is 1. The second-order valence-electron chi connectivity index (χ2n) is 7.86. The van der Waals surface area contributed by atoms with Crippen molar-refractivity contribution >= 4 is 22.5 Å². The summed E-state index contributed by atoms with van der Waals surface area (Å²) in [5.41, 5.74) is 2.13. The smallest absolute Gasteiger partial charge is 0.289 e. The topological polar surface area (TPSA) is 130 Å². The number of rotatable bonds is 4. The summed E-state index contributed by atoms with van der Waals surface area (Å²) >= 11 is 0. The molecular weight excluding hydrogens is 432 g/mol. The second-order valence-corrected chi connectivity index (χ2v) is 7.86. The minimum absolute atomic E-state index is 0. The van der Waals surface area contributed by atoms with Crippen LogP contribution < -0.4 is 16.6 Å². The van der Waals surface area contributed by atoms with E-state index in [9.17, 15) is 14.9 Å². The summed E-state index contributed by atoms with van der Waals surface area (Å²) in [5.74, 6) is 0.156. The molecule has 1 amide bonds. The highest BCUT2D eigenvalue weighted by Crippen LogP contribution is 2.30. The van der Waals surface area contributed by atoms with Crippen LogP contribution in [0.4, 0.5) is 5.69 Å². The van der Waals surface area contributed by atoms with Crippen molar-refractivity contribution in [1.29, 1.82) is 5.26 Å². The molecule has 4 heterocycles. The van der Waals surface area contributed by atoms with E-state index in [4.69, 9.17) is 4.42 Å². The van der Waals surface area contributed by atoms with Crippen molar-refractivity contribution in [2.24, 2.45) is 0 Å². The van der Waals surface area contributed by atoms with Crippen LogP contribution in [0.3, 0.4) is 0 Å². The highest BCUT2D eigenvalue weighted by Gasteiger charge is 2.27. The zero-order chi connectivity index (χ0) is 22.8. The van der Waals surface area contributed by atoms with E-state index in [-0.39, 0.29) is 23.2 Å². The van der Waals surface area contributed by atoms with Gasteiger partial charge in [-0.2, -0.15) is 5.26 Å². The Morgan fingerprint density at radius 1 is 1.03 bits per heavy atom. The zero-order valence-corrected chi connectivity index (χ0v) is 18.6. The third-order valence-electron chi connectivity index (χ3n) is 5.96. The number of nitriles is 1. The SMILES string of the molecule is N.N#Cc1c(N2CCN(C(=O)c3ccco3)CC2)c2ccccc2n(Cc2ccncc2)c1=O. The molecule has 1 saturated heterocycles. The molecule has 0 saturated carbocycles. The number of amides is 1. The van der Waals surface area contributed by atoms with Crippen molar-refractivity contribution in [2.45, 2.75) is 6.54 Å². The van der Waals surface area contributed by atoms with E-state index in [1.807, 2.05) is 41.3 Å². The predicted octanol–water partition coefficient (Wildman–Crippen LogP) is 3.03. The van der Waals surface area contributed by atoms with Crippen LogP contribution >= 0.6 is 0 Å². The Morgan fingerprint density at radius 3 is 2.44 bits per heavy atom. The Kier molecular flexibility index (Phi) is 6.43. The van der Waals surface area contributed by atoms with Gasteiger partial charge in [0.1, 0.15) is 11.6 Å². The molecule has 172 valence electrons. The van der Waals surface area contributed by atoms with E-state index in [0.29, 0.717) is 44.2 Å². The van der Waals surface area contributed by atoms with Gasteiger partial charge in [-0.3, -0.25) is 14.6 Å². The summed E-state index contributed by atoms with van der Waals surface area (Å²) in [7, 11) is 0. The van der Waals surface area contributed by atoms with Gasteiger partial charge in [-0.1, -0.05) is 18.2 Å². The highest BCUT2D eigenvalue weighted by molar-refractivity contribution is 5.95. The number of carbonyl (C=O) groups is 1. The van der Waals surface area contributed by atoms with Crippen LogP contribution in [0, 0.1) is 11.3 Å². The lowest BCUT2D eigenvalue weighted by Gasteiger charge is -2.36. The Hall–Kier alpha value is -4.42. The predicted molar refractivity (Wildman–Crippen MR) is 128 cm³/mol. The molecule has 34 heavy (non-hydrogen) atoms. The van der Waals surface area contributed by atoms with Crippen LogP contribution in [-0.4, -0.2) is 46.5 Å². The molecule has 0 bridgehead atoms. The Morgan fingerprint density at radius 2 is 1.76 bits per heavy atom. The number of carbonyl (C=O) groups excluding carboxylic acids is 1. The second kappa shape index (κ2) is 9.60. The average molecular weight is 457 g/mol. The van der Waals surface area contributed by atoms with Gasteiger partial charge in [-0.15, -0.1) is 0 Å². The summed E-state index contributed by atoms with van der Waals surface area (Å²) in [6.45, 7) is 2.32. The molecule has 4 aromatic rings. The van der Waals surface area contributed by atoms with Gasteiger partial charge in [-0.05, 0) is 35.9 Å². The van der Waals surface area contributed by atoms with Gasteiger partial charge in [-0.25, -0.2) is 0 Å². The van der Waals surface area contributed by atoms with Gasteiger partial charge in [0.2, 0.25) is 0 Å². The first kappa shape index (κ1) is 22.8. The Balaban J connectivity index is 0.00000274. The summed E-state index contributed by atoms with van der Waals surface area (Å²) in [4.78, 5) is 33.8. The molecule has 0 atom stereocenters. The van der Waals surface area contributed by atoms with Crippen molar-refractivity contribution in [1.82, 2.24) is 20.6 Å². The number of fused-ring (bicyclic) bond motifs is 1. The lowest BCUT2D eigenvalue weighted by Crippen LogP contribution is -2.49. The van der Waals surface area contributed by atoms with Crippen molar-refractivity contribution in [3.05, 3.63) is 94.4 Å². The number of anilines is 1. The normalized spacial score (nSPS) is 13.4. The summed E-state index contributed by atoms with van der Waals surface area (Å²) < 4.78 is 6.88. The standard InChI is InChI=1S/C25H21N5O3.H3N/c26-16-20-23(28-11-13-29(14-12-28)25(32)22-6-3-15-33-22)19-4-1-2-5-21(19)30(24(20)31)17-18-7-9-27-10-8-18;/h1-10,15H,11-14,17H2;1H3. The first-order chi connectivity index (χ1) is 16.2. The molecular formula is C25H24N6O3. The largest absolute Gasteiger partial charge is 0.459 e. The fourth-order valence-corrected chi connectivity index (χ4v) is 4.34. The van der Waals surface area contributed by atoms with Gasteiger partial charge in [0, 0.05) is 44.0 Å². The van der Waals surface area contributed by atoms with Crippen LogP contribution in [0.15, 0.2) is 76.4 Å². The molecule has 5 rings (SSSR count).